The highest BCUT2D eigenvalue weighted by Crippen LogP contribution is 2.26. The fraction of sp³-hybridized carbons (Fsp3) is 0.750. The summed E-state index contributed by atoms with van der Waals surface area (Å²) in [5.41, 5.74) is 0.383. The van der Waals surface area contributed by atoms with Gasteiger partial charge in [-0.2, -0.15) is 0 Å². The fourth-order valence-electron chi connectivity index (χ4n) is 2.60. The quantitative estimate of drug-likeness (QED) is 0.866. The summed E-state index contributed by atoms with van der Waals surface area (Å²) in [6, 6.07) is -0.0681. The molecule has 1 heterocycles. The molecule has 1 aromatic rings. The Bertz CT molecular complexity index is 510. The van der Waals surface area contributed by atoms with Crippen molar-refractivity contribution in [3.63, 3.8) is 0 Å². The van der Waals surface area contributed by atoms with Gasteiger partial charge in [0.1, 0.15) is 10.6 Å². The largest absolute Gasteiger partial charge is 0.396 e. The molecule has 0 bridgehead atoms. The summed E-state index contributed by atoms with van der Waals surface area (Å²) >= 11 is 0. The van der Waals surface area contributed by atoms with Gasteiger partial charge in [0.25, 0.3) is 0 Å². The molecule has 1 aromatic heterocycles. The number of nitrogens with one attached hydrogen (secondary N) is 1. The summed E-state index contributed by atoms with van der Waals surface area (Å²) in [6.07, 6.45) is 3.22. The van der Waals surface area contributed by atoms with Crippen molar-refractivity contribution in [1.29, 1.82) is 0 Å². The van der Waals surface area contributed by atoms with Crippen LogP contribution in [0.2, 0.25) is 0 Å². The first kappa shape index (κ1) is 14.5. The van der Waals surface area contributed by atoms with Crippen LogP contribution in [0.4, 0.5) is 0 Å². The Kier molecular flexibility index (Phi) is 4.27. The molecule has 6 nitrogen and oxygen atoms in total. The monoisotopic (exact) mass is 288 g/mol. The first-order valence-electron chi connectivity index (χ1n) is 6.50. The lowest BCUT2D eigenvalue weighted by molar-refractivity contribution is 0.180. The summed E-state index contributed by atoms with van der Waals surface area (Å²) in [4.78, 5) is 0.150. The highest BCUT2D eigenvalue weighted by atomic mass is 32.2. The van der Waals surface area contributed by atoms with Gasteiger partial charge in [-0.15, -0.1) is 0 Å². The molecule has 0 aromatic carbocycles. The predicted octanol–water partition coefficient (Wildman–Crippen LogP) is 1.12. The van der Waals surface area contributed by atoms with Crippen LogP contribution in [0.25, 0.3) is 0 Å². The zero-order valence-electron chi connectivity index (χ0n) is 11.2. The number of hydrogen-bond donors (Lipinski definition) is 2. The summed E-state index contributed by atoms with van der Waals surface area (Å²) in [7, 11) is -3.57. The SMILES string of the molecule is Cc1noc(C)c1S(=O)(=O)NC1CCC(CO)CC1. The molecule has 0 radical (unpaired) electrons. The molecular formula is C12H20N2O4S. The molecule has 0 unspecified atom stereocenters. The molecule has 0 aliphatic heterocycles. The van der Waals surface area contributed by atoms with Crippen LogP contribution in [-0.4, -0.2) is 31.3 Å². The Hall–Kier alpha value is -0.920. The van der Waals surface area contributed by atoms with Gasteiger partial charge in [0, 0.05) is 12.6 Å². The number of aliphatic hydroxyl groups excluding tert-OH is 1. The van der Waals surface area contributed by atoms with Crippen LogP contribution >= 0.6 is 0 Å². The summed E-state index contributed by atoms with van der Waals surface area (Å²) in [6.45, 7) is 3.40. The number of hydrogen-bond acceptors (Lipinski definition) is 5. The number of aryl methyl sites for hydroxylation is 2. The molecule has 2 rings (SSSR count). The van der Waals surface area contributed by atoms with E-state index in [0.717, 1.165) is 25.7 Å². The molecular weight excluding hydrogens is 268 g/mol. The van der Waals surface area contributed by atoms with Gasteiger partial charge in [0.05, 0.1) is 0 Å². The van der Waals surface area contributed by atoms with Gasteiger partial charge >= 0.3 is 0 Å². The van der Waals surface area contributed by atoms with Crippen LogP contribution < -0.4 is 4.72 Å². The molecule has 0 saturated heterocycles. The van der Waals surface area contributed by atoms with Crippen molar-refractivity contribution in [3.8, 4) is 0 Å². The third-order valence-electron chi connectivity index (χ3n) is 3.66. The van der Waals surface area contributed by atoms with E-state index in [1.54, 1.807) is 13.8 Å². The van der Waals surface area contributed by atoms with Gasteiger partial charge in [-0.05, 0) is 45.4 Å². The van der Waals surface area contributed by atoms with E-state index in [1.807, 2.05) is 0 Å². The Balaban J connectivity index is 2.07. The van der Waals surface area contributed by atoms with Gasteiger partial charge in [-0.1, -0.05) is 5.16 Å². The molecule has 1 saturated carbocycles. The van der Waals surface area contributed by atoms with Crippen molar-refractivity contribution in [2.45, 2.75) is 50.5 Å². The predicted molar refractivity (Wildman–Crippen MR) is 69.1 cm³/mol. The van der Waals surface area contributed by atoms with Gasteiger partial charge < -0.3 is 9.63 Å². The molecule has 1 fully saturated rings. The number of aromatic nitrogens is 1. The summed E-state index contributed by atoms with van der Waals surface area (Å²) < 4.78 is 32.2. The second-order valence-corrected chi connectivity index (χ2v) is 6.83. The Morgan fingerprint density at radius 2 is 1.95 bits per heavy atom. The minimum absolute atomic E-state index is 0.0681. The van der Waals surface area contributed by atoms with Gasteiger partial charge in [-0.25, -0.2) is 13.1 Å². The van der Waals surface area contributed by atoms with Crippen molar-refractivity contribution >= 4 is 10.0 Å². The molecule has 0 atom stereocenters. The van der Waals surface area contributed by atoms with Crippen LogP contribution in [0.3, 0.4) is 0 Å². The summed E-state index contributed by atoms with van der Waals surface area (Å²) in [5, 5.41) is 12.7. The molecule has 19 heavy (non-hydrogen) atoms. The lowest BCUT2D eigenvalue weighted by Crippen LogP contribution is -2.38. The molecule has 1 aliphatic carbocycles. The van der Waals surface area contributed by atoms with E-state index in [9.17, 15) is 8.42 Å². The number of rotatable bonds is 4. The average molecular weight is 288 g/mol. The van der Waals surface area contributed by atoms with Crippen molar-refractivity contribution < 1.29 is 18.0 Å². The van der Waals surface area contributed by atoms with Crippen LogP contribution in [0.1, 0.15) is 37.1 Å². The van der Waals surface area contributed by atoms with Crippen molar-refractivity contribution in [1.82, 2.24) is 9.88 Å². The summed E-state index contributed by atoms with van der Waals surface area (Å²) in [5.74, 6) is 0.619. The van der Waals surface area contributed by atoms with Gasteiger partial charge in [0.15, 0.2) is 5.76 Å². The molecule has 2 N–H and O–H groups in total. The highest BCUT2D eigenvalue weighted by molar-refractivity contribution is 7.89. The first-order valence-corrected chi connectivity index (χ1v) is 7.98. The zero-order valence-corrected chi connectivity index (χ0v) is 12.0. The maximum atomic E-state index is 12.3. The number of nitrogens with zero attached hydrogens (tertiary/aromatic N) is 1. The Morgan fingerprint density at radius 3 is 2.42 bits per heavy atom. The third-order valence-corrected chi connectivity index (χ3v) is 5.43. The molecule has 108 valence electrons. The maximum Gasteiger partial charge on any atom is 0.246 e. The molecule has 1 aliphatic rings. The minimum Gasteiger partial charge on any atom is -0.396 e. The number of aliphatic hydroxyl groups is 1. The first-order chi connectivity index (χ1) is 8.94. The van der Waals surface area contributed by atoms with Crippen molar-refractivity contribution in [2.24, 2.45) is 5.92 Å². The van der Waals surface area contributed by atoms with E-state index < -0.39 is 10.0 Å². The van der Waals surface area contributed by atoms with Crippen molar-refractivity contribution in [3.05, 3.63) is 11.5 Å². The van der Waals surface area contributed by atoms with E-state index in [4.69, 9.17) is 9.63 Å². The Morgan fingerprint density at radius 1 is 1.32 bits per heavy atom. The smallest absolute Gasteiger partial charge is 0.246 e. The van der Waals surface area contributed by atoms with E-state index in [-0.39, 0.29) is 17.5 Å². The zero-order chi connectivity index (χ0) is 14.0. The van der Waals surface area contributed by atoms with Gasteiger partial charge in [-0.3, -0.25) is 0 Å². The average Bonchev–Trinajstić information content (AvgIpc) is 2.70. The van der Waals surface area contributed by atoms with Crippen molar-refractivity contribution in [2.75, 3.05) is 6.61 Å². The van der Waals surface area contributed by atoms with Gasteiger partial charge in [0.2, 0.25) is 10.0 Å². The fourth-order valence-corrected chi connectivity index (χ4v) is 4.23. The lowest BCUT2D eigenvalue weighted by Gasteiger charge is -2.27. The Labute approximate surface area is 113 Å². The topological polar surface area (TPSA) is 92.4 Å². The second-order valence-electron chi connectivity index (χ2n) is 5.17. The molecule has 0 amide bonds. The van der Waals surface area contributed by atoms with E-state index in [0.29, 0.717) is 17.4 Å². The van der Waals surface area contributed by atoms with Crippen LogP contribution in [0, 0.1) is 19.8 Å². The van der Waals surface area contributed by atoms with Crippen LogP contribution in [-0.2, 0) is 10.0 Å². The standard InChI is InChI=1S/C12H20N2O4S/c1-8-12(9(2)18-13-8)19(16,17)14-11-5-3-10(7-15)4-6-11/h10-11,14-15H,3-7H2,1-2H3. The van der Waals surface area contributed by atoms with E-state index >= 15 is 0 Å². The lowest BCUT2D eigenvalue weighted by atomic mass is 9.87. The highest BCUT2D eigenvalue weighted by Gasteiger charge is 2.29. The molecule has 0 spiro atoms. The van der Waals surface area contributed by atoms with Crippen LogP contribution in [0.5, 0.6) is 0 Å². The third kappa shape index (κ3) is 3.16. The van der Waals surface area contributed by atoms with E-state index in [2.05, 4.69) is 9.88 Å². The second kappa shape index (κ2) is 5.60. The van der Waals surface area contributed by atoms with E-state index in [1.165, 1.54) is 0 Å². The molecule has 7 heteroatoms. The minimum atomic E-state index is -3.57. The number of sulfonamides is 1. The normalized spacial score (nSPS) is 24.6. The maximum absolute atomic E-state index is 12.3. The van der Waals surface area contributed by atoms with Crippen LogP contribution in [0.15, 0.2) is 9.42 Å².